The van der Waals surface area contributed by atoms with Crippen LogP contribution in [0.15, 0.2) is 121 Å². The van der Waals surface area contributed by atoms with E-state index in [0.717, 1.165) is 5.56 Å². The average molecular weight is 632 g/mol. The van der Waals surface area contributed by atoms with Crippen LogP contribution in [0.3, 0.4) is 0 Å². The maximum absolute atomic E-state index is 10.7. The molecular weight excluding hydrogens is 606 g/mol. The third-order valence-electron chi connectivity index (χ3n) is 5.04. The number of benzene rings is 4. The van der Waals surface area contributed by atoms with E-state index in [0.29, 0.717) is 12.8 Å². The van der Waals surface area contributed by atoms with Gasteiger partial charge in [0, 0.05) is 6.42 Å². The van der Waals surface area contributed by atoms with Gasteiger partial charge < -0.3 is 10.4 Å². The molecule has 1 radical (unpaired) electrons. The Labute approximate surface area is 203 Å². The normalized spacial score (nSPS) is 11.1. The van der Waals surface area contributed by atoms with Gasteiger partial charge in [-0.15, -0.1) is 0 Å². The van der Waals surface area contributed by atoms with Gasteiger partial charge in [0.15, 0.2) is 0 Å². The third-order valence-corrected chi connectivity index (χ3v) is 15.7. The zero-order valence-corrected chi connectivity index (χ0v) is 22.1. The molecule has 0 heterocycles. The van der Waals surface area contributed by atoms with Crippen molar-refractivity contribution in [2.75, 3.05) is 0 Å². The number of amides is 1. The number of hydrogen-bond donors (Lipinski definition) is 2. The summed E-state index contributed by atoms with van der Waals surface area (Å²) in [5.74, 6) is -1.03. The zero-order valence-electron chi connectivity index (χ0n) is 18.2. The van der Waals surface area contributed by atoms with Gasteiger partial charge in [-0.05, 0) is 5.56 Å². The number of carbonyl (C=O) groups is 2. The summed E-state index contributed by atoms with van der Waals surface area (Å²) in [7, 11) is 0. The van der Waals surface area contributed by atoms with Crippen LogP contribution < -0.4 is 14.7 Å². The summed E-state index contributed by atoms with van der Waals surface area (Å²) in [6.07, 6.45) is 0.705. The van der Waals surface area contributed by atoms with Crippen molar-refractivity contribution in [3.05, 3.63) is 127 Å². The van der Waals surface area contributed by atoms with Gasteiger partial charge in [-0.3, -0.25) is 4.79 Å². The number of carbonyl (C=O) groups excluding carboxylic acids is 1. The van der Waals surface area contributed by atoms with Crippen molar-refractivity contribution in [2.24, 2.45) is 0 Å². The minimum atomic E-state index is -2.17. The number of carboxylic acids is 1. The number of nitrogens with one attached hydrogen (secondary N) is 1. The Kier molecular flexibility index (Phi) is 9.85. The van der Waals surface area contributed by atoms with Crippen molar-refractivity contribution in [3.63, 3.8) is 0 Å². The van der Waals surface area contributed by atoms with E-state index >= 15 is 0 Å². The summed E-state index contributed by atoms with van der Waals surface area (Å²) < 4.78 is 4.64. The number of rotatable bonds is 8. The van der Waals surface area contributed by atoms with Crippen molar-refractivity contribution >= 4 is 44.5 Å². The van der Waals surface area contributed by atoms with Crippen LogP contribution in [-0.4, -0.2) is 46.2 Å². The van der Waals surface area contributed by atoms with E-state index in [-0.39, 0.29) is 0 Å². The van der Waals surface area contributed by atoms with Crippen LogP contribution in [0.25, 0.3) is 0 Å². The van der Waals surface area contributed by atoms with Gasteiger partial charge in [0.2, 0.25) is 6.41 Å². The van der Waals surface area contributed by atoms with Crippen LogP contribution in [0.1, 0.15) is 5.56 Å². The van der Waals surface area contributed by atoms with E-state index in [4.69, 9.17) is 5.11 Å². The quantitative estimate of drug-likeness (QED) is 0.232. The van der Waals surface area contributed by atoms with Gasteiger partial charge >= 0.3 is 129 Å². The number of hydrogen-bond acceptors (Lipinski definition) is 2. The topological polar surface area (TPSA) is 66.4 Å². The first-order valence-corrected chi connectivity index (χ1v) is 16.5. The standard InChI is InChI=1S/C10H11NO3.3C6H5.Pb/c12-7-11-9(10(13)14)6-8-4-2-1-3-5-8;3*1-2-4-6-5-3-1;/h1-5,7,9H,6H2,(H,11,12)(H,13,14);3*1-5H;. The van der Waals surface area contributed by atoms with Gasteiger partial charge in [-0.2, -0.15) is 0 Å². The molecule has 4 rings (SSSR count). The van der Waals surface area contributed by atoms with Gasteiger partial charge in [-0.1, -0.05) is 30.3 Å². The van der Waals surface area contributed by atoms with E-state index in [9.17, 15) is 9.59 Å². The Hall–Kier alpha value is -3.26. The summed E-state index contributed by atoms with van der Waals surface area (Å²) in [6, 6.07) is 41.3. The Balaban J connectivity index is 0.000000196. The van der Waals surface area contributed by atoms with Crippen molar-refractivity contribution < 1.29 is 14.7 Å². The molecule has 0 saturated carbocycles. The number of carboxylic acid groups (broad SMARTS) is 1. The zero-order chi connectivity index (χ0) is 23.3. The Morgan fingerprint density at radius 1 is 0.697 bits per heavy atom. The molecule has 0 aliphatic heterocycles. The van der Waals surface area contributed by atoms with E-state index in [1.54, 1.807) is 9.37 Å². The molecule has 0 bridgehead atoms. The number of aliphatic carboxylic acids is 1. The summed E-state index contributed by atoms with van der Waals surface area (Å²) >= 11 is -2.17. The van der Waals surface area contributed by atoms with E-state index in [1.807, 2.05) is 30.3 Å². The van der Waals surface area contributed by atoms with Crippen LogP contribution in [0.2, 0.25) is 0 Å². The monoisotopic (exact) mass is 632 g/mol. The third kappa shape index (κ3) is 7.68. The average Bonchev–Trinajstić information content (AvgIpc) is 2.87. The molecule has 165 valence electrons. The van der Waals surface area contributed by atoms with E-state index in [1.165, 1.54) is 0 Å². The molecule has 4 aromatic rings. The molecule has 0 fully saturated rings. The van der Waals surface area contributed by atoms with Crippen molar-refractivity contribution in [1.82, 2.24) is 5.32 Å². The fraction of sp³-hybridized carbons (Fsp3) is 0.0714. The second-order valence-electron chi connectivity index (χ2n) is 7.34. The Bertz CT molecular complexity index is 1010. The first-order valence-electron chi connectivity index (χ1n) is 10.7. The maximum atomic E-state index is 10.7. The predicted octanol–water partition coefficient (Wildman–Crippen LogP) is 2.63. The summed E-state index contributed by atoms with van der Waals surface area (Å²) in [6.45, 7) is 0. The molecule has 5 heteroatoms. The Morgan fingerprint density at radius 3 is 1.39 bits per heavy atom. The Morgan fingerprint density at radius 2 is 1.06 bits per heavy atom. The SMILES string of the molecule is O=CNC(Cc1ccccc1)C(=O)O.c1cc[c]([Pb]([c]2ccccc2)[c]2ccccc2)cc1. The van der Waals surface area contributed by atoms with E-state index in [2.05, 4.69) is 96.3 Å². The van der Waals surface area contributed by atoms with Gasteiger partial charge in [0.1, 0.15) is 6.04 Å². The second-order valence-corrected chi connectivity index (χ2v) is 17.0. The van der Waals surface area contributed by atoms with Crippen molar-refractivity contribution in [1.29, 1.82) is 0 Å². The van der Waals surface area contributed by atoms with E-state index < -0.39 is 34.7 Å². The van der Waals surface area contributed by atoms with Crippen LogP contribution in [-0.2, 0) is 16.0 Å². The van der Waals surface area contributed by atoms with Crippen molar-refractivity contribution in [3.8, 4) is 0 Å². The molecule has 0 aliphatic rings. The van der Waals surface area contributed by atoms with Crippen LogP contribution in [0, 0.1) is 0 Å². The van der Waals surface area contributed by atoms with Crippen molar-refractivity contribution in [2.45, 2.75) is 12.5 Å². The molecule has 4 aromatic carbocycles. The van der Waals surface area contributed by atoms with Crippen LogP contribution >= 0.6 is 0 Å². The van der Waals surface area contributed by atoms with Crippen LogP contribution in [0.5, 0.6) is 0 Å². The molecule has 0 aliphatic carbocycles. The molecule has 0 spiro atoms. The molecular formula is C28H26NO3Pb. The second kappa shape index (κ2) is 13.3. The minimum absolute atomic E-state index is 0.301. The molecule has 1 amide bonds. The molecule has 0 saturated heterocycles. The molecule has 0 aromatic heterocycles. The predicted molar refractivity (Wildman–Crippen MR) is 135 cm³/mol. The van der Waals surface area contributed by atoms with Crippen LogP contribution in [0.4, 0.5) is 0 Å². The molecule has 1 atom stereocenters. The first-order chi connectivity index (χ1) is 16.2. The molecule has 1 unspecified atom stereocenters. The fourth-order valence-corrected chi connectivity index (χ4v) is 13.5. The molecule has 4 nitrogen and oxygen atoms in total. The summed E-state index contributed by atoms with van der Waals surface area (Å²) in [5.41, 5.74) is 0.884. The summed E-state index contributed by atoms with van der Waals surface area (Å²) in [5, 5.41) is 11.0. The molecule has 33 heavy (non-hydrogen) atoms. The van der Waals surface area contributed by atoms with Gasteiger partial charge in [0.05, 0.1) is 0 Å². The fourth-order valence-electron chi connectivity index (χ4n) is 3.46. The first kappa shape index (κ1) is 24.4. The summed E-state index contributed by atoms with van der Waals surface area (Å²) in [4.78, 5) is 20.8. The van der Waals surface area contributed by atoms with Gasteiger partial charge in [0.25, 0.3) is 0 Å². The van der Waals surface area contributed by atoms with Gasteiger partial charge in [-0.25, -0.2) is 4.79 Å². The molecule has 2 N–H and O–H groups in total.